The Labute approximate surface area is 244 Å². The first-order chi connectivity index (χ1) is 20.1. The van der Waals surface area contributed by atoms with Gasteiger partial charge in [0.2, 0.25) is 0 Å². The molecule has 3 fully saturated rings. The minimum atomic E-state index is -0.135. The molecule has 7 rings (SSSR count). The number of hydrogen-bond acceptors (Lipinski definition) is 4. The highest BCUT2D eigenvalue weighted by Crippen LogP contribution is 2.39. The molecule has 0 radical (unpaired) electrons. The van der Waals surface area contributed by atoms with Crippen molar-refractivity contribution in [2.45, 2.75) is 76.2 Å². The Morgan fingerprint density at radius 3 is 2.41 bits per heavy atom. The highest BCUT2D eigenvalue weighted by molar-refractivity contribution is 5.75. The van der Waals surface area contributed by atoms with Crippen molar-refractivity contribution in [1.29, 1.82) is 0 Å². The summed E-state index contributed by atoms with van der Waals surface area (Å²) >= 11 is 0. The van der Waals surface area contributed by atoms with Crippen molar-refractivity contribution in [1.82, 2.24) is 9.55 Å². The van der Waals surface area contributed by atoms with Crippen LogP contribution in [0.4, 0.5) is 5.69 Å². The van der Waals surface area contributed by atoms with Gasteiger partial charge in [0.15, 0.2) is 0 Å². The highest BCUT2D eigenvalue weighted by atomic mass is 16.5. The number of aromatic nitrogens is 2. The summed E-state index contributed by atoms with van der Waals surface area (Å²) in [6.45, 7) is 5.87. The van der Waals surface area contributed by atoms with Crippen molar-refractivity contribution in [3.8, 4) is 5.69 Å². The van der Waals surface area contributed by atoms with Gasteiger partial charge in [-0.15, -0.1) is 0 Å². The van der Waals surface area contributed by atoms with Crippen LogP contribution in [0.3, 0.4) is 0 Å². The van der Waals surface area contributed by atoms with Crippen molar-refractivity contribution in [3.05, 3.63) is 82.3 Å². The second kappa shape index (κ2) is 11.3. The van der Waals surface area contributed by atoms with E-state index in [0.29, 0.717) is 11.8 Å². The van der Waals surface area contributed by atoms with Gasteiger partial charge in [-0.3, -0.25) is 4.57 Å². The van der Waals surface area contributed by atoms with E-state index in [2.05, 4.69) is 83.1 Å². The van der Waals surface area contributed by atoms with E-state index < -0.39 is 0 Å². The Bertz CT molecular complexity index is 1530. The van der Waals surface area contributed by atoms with Crippen molar-refractivity contribution in [3.63, 3.8) is 0 Å². The minimum absolute atomic E-state index is 0.135. The van der Waals surface area contributed by atoms with Crippen LogP contribution in [0.25, 0.3) is 23.4 Å². The van der Waals surface area contributed by atoms with Crippen molar-refractivity contribution < 1.29 is 4.74 Å². The Hall–Kier alpha value is -3.15. The van der Waals surface area contributed by atoms with Gasteiger partial charge in [0.1, 0.15) is 5.82 Å². The fraction of sp³-hybridized carbons (Fsp3) is 0.472. The van der Waals surface area contributed by atoms with Gasteiger partial charge in [0, 0.05) is 35.9 Å². The molecule has 3 aliphatic carbocycles. The molecule has 1 aromatic heterocycles. The molecular weight excluding hydrogens is 504 g/mol. The predicted octanol–water partition coefficient (Wildman–Crippen LogP) is 5.78. The molecule has 2 aromatic carbocycles. The summed E-state index contributed by atoms with van der Waals surface area (Å²) in [5, 5.41) is 2.34. The van der Waals surface area contributed by atoms with E-state index in [1.54, 1.807) is 0 Å². The third-order valence-corrected chi connectivity index (χ3v) is 10.1. The second-order valence-electron chi connectivity index (χ2n) is 12.7. The van der Waals surface area contributed by atoms with Gasteiger partial charge >= 0.3 is 0 Å². The van der Waals surface area contributed by atoms with Crippen LogP contribution in [-0.2, 0) is 10.3 Å². The first kappa shape index (κ1) is 26.7. The van der Waals surface area contributed by atoms with Gasteiger partial charge in [-0.1, -0.05) is 62.6 Å². The summed E-state index contributed by atoms with van der Waals surface area (Å²) < 4.78 is 8.06. The lowest BCUT2D eigenvalue weighted by Crippen LogP contribution is -2.43. The van der Waals surface area contributed by atoms with Crippen LogP contribution in [0.15, 0.2) is 54.6 Å². The molecule has 0 amide bonds. The number of allylic oxidation sites excluding steroid dienone is 2. The van der Waals surface area contributed by atoms with Gasteiger partial charge < -0.3 is 15.4 Å². The van der Waals surface area contributed by atoms with Gasteiger partial charge in [-0.2, -0.15) is 0 Å². The largest absolute Gasteiger partial charge is 0.378 e. The van der Waals surface area contributed by atoms with E-state index in [0.717, 1.165) is 50.9 Å². The lowest BCUT2D eigenvalue weighted by Gasteiger charge is -2.38. The maximum atomic E-state index is 6.67. The molecule has 0 bridgehead atoms. The molecule has 1 atom stereocenters. The number of nitrogens with two attached hydrogens (primary N) is 1. The Morgan fingerprint density at radius 2 is 1.68 bits per heavy atom. The van der Waals surface area contributed by atoms with Gasteiger partial charge in [-0.05, 0) is 91.5 Å². The van der Waals surface area contributed by atoms with E-state index in [9.17, 15) is 0 Å². The summed E-state index contributed by atoms with van der Waals surface area (Å²) in [4.78, 5) is 7.82. The molecule has 1 aliphatic heterocycles. The lowest BCUT2D eigenvalue weighted by atomic mass is 9.73. The van der Waals surface area contributed by atoms with Crippen molar-refractivity contribution in [2.75, 3.05) is 31.2 Å². The Morgan fingerprint density at radius 1 is 0.902 bits per heavy atom. The number of morpholine rings is 1. The minimum Gasteiger partial charge on any atom is -0.378 e. The van der Waals surface area contributed by atoms with Crippen LogP contribution < -0.4 is 21.3 Å². The highest BCUT2D eigenvalue weighted by Gasteiger charge is 2.34. The normalized spacial score (nSPS) is 22.8. The van der Waals surface area contributed by atoms with Crippen LogP contribution in [0.1, 0.15) is 87.6 Å². The van der Waals surface area contributed by atoms with Crippen LogP contribution >= 0.6 is 0 Å². The van der Waals surface area contributed by atoms with Crippen LogP contribution in [-0.4, -0.2) is 35.9 Å². The number of rotatable bonds is 5. The quantitative estimate of drug-likeness (QED) is 0.439. The zero-order valence-electron chi connectivity index (χ0n) is 24.5. The zero-order chi connectivity index (χ0) is 27.8. The topological polar surface area (TPSA) is 56.3 Å². The second-order valence-corrected chi connectivity index (χ2v) is 12.7. The van der Waals surface area contributed by atoms with Crippen LogP contribution in [0.5, 0.6) is 0 Å². The van der Waals surface area contributed by atoms with E-state index in [1.807, 2.05) is 0 Å². The molecule has 0 spiro atoms. The van der Waals surface area contributed by atoms with Crippen LogP contribution in [0.2, 0.25) is 0 Å². The summed E-state index contributed by atoms with van der Waals surface area (Å²) in [5.74, 6) is 2.15. The number of imidazole rings is 1. The molecule has 4 aliphatic rings. The molecular formula is C36H44N4O. The Kier molecular flexibility index (Phi) is 7.34. The number of anilines is 1. The van der Waals surface area contributed by atoms with Crippen molar-refractivity contribution >= 4 is 23.4 Å². The number of ether oxygens (including phenoxy) is 1. The first-order valence-corrected chi connectivity index (χ1v) is 15.9. The maximum absolute atomic E-state index is 6.67. The molecule has 1 unspecified atom stereocenters. The fourth-order valence-electron chi connectivity index (χ4n) is 7.31. The SMILES string of the molecule is CC1CC=c2c(nc(C3CCCCC3)n2-c2ccc(C3(N)CCC3)cc2)=CC=C1c1cccc(N2CCOCC2)c1. The van der Waals surface area contributed by atoms with Gasteiger partial charge in [-0.25, -0.2) is 4.98 Å². The average molecular weight is 549 g/mol. The van der Waals surface area contributed by atoms with Gasteiger partial charge in [0.25, 0.3) is 0 Å². The fourth-order valence-corrected chi connectivity index (χ4v) is 7.31. The molecule has 2 saturated carbocycles. The summed E-state index contributed by atoms with van der Waals surface area (Å²) in [6, 6.07) is 18.2. The van der Waals surface area contributed by atoms with Crippen LogP contribution in [0, 0.1) is 5.92 Å². The molecule has 5 heteroatoms. The van der Waals surface area contributed by atoms with E-state index >= 15 is 0 Å². The number of benzene rings is 2. The third kappa shape index (κ3) is 5.19. The Balaban J connectivity index is 1.30. The summed E-state index contributed by atoms with van der Waals surface area (Å²) in [6.07, 6.45) is 17.8. The molecule has 1 saturated heterocycles. The van der Waals surface area contributed by atoms with Gasteiger partial charge in [0.05, 0.1) is 23.9 Å². The molecule has 5 nitrogen and oxygen atoms in total. The monoisotopic (exact) mass is 548 g/mol. The van der Waals surface area contributed by atoms with Crippen molar-refractivity contribution in [2.24, 2.45) is 11.7 Å². The maximum Gasteiger partial charge on any atom is 0.117 e. The average Bonchev–Trinajstić information content (AvgIpc) is 3.36. The third-order valence-electron chi connectivity index (χ3n) is 10.1. The first-order valence-electron chi connectivity index (χ1n) is 15.9. The predicted molar refractivity (Wildman–Crippen MR) is 169 cm³/mol. The summed E-state index contributed by atoms with van der Waals surface area (Å²) in [5.41, 5.74) is 13.0. The van der Waals surface area contributed by atoms with E-state index in [1.165, 1.54) is 77.8 Å². The molecule has 2 heterocycles. The smallest absolute Gasteiger partial charge is 0.117 e. The molecule has 214 valence electrons. The number of hydrogen-bond donors (Lipinski definition) is 1. The number of fused-ring (bicyclic) bond motifs is 1. The standard InChI is InChI=1S/C36H44N4O/c1-26-11-18-34-33(17-16-32(26)28-9-5-10-31(25-28)39-21-23-41-24-22-39)38-35(27-7-3-2-4-8-27)40(34)30-14-12-29(13-15-30)36(37)19-6-20-36/h5,9-10,12-18,25-27H,2-4,6-8,11,19-24,37H2,1H3. The van der Waals surface area contributed by atoms with E-state index in [4.69, 9.17) is 15.5 Å². The molecule has 3 aromatic rings. The van der Waals surface area contributed by atoms with E-state index in [-0.39, 0.29) is 5.54 Å². The molecule has 41 heavy (non-hydrogen) atoms. The zero-order valence-corrected chi connectivity index (χ0v) is 24.5. The summed E-state index contributed by atoms with van der Waals surface area (Å²) in [7, 11) is 0. The molecule has 2 N–H and O–H groups in total. The lowest BCUT2D eigenvalue weighted by molar-refractivity contribution is 0.122. The number of nitrogens with zero attached hydrogens (tertiary/aromatic N) is 3.